The van der Waals surface area contributed by atoms with Crippen molar-refractivity contribution in [3.05, 3.63) is 93.2 Å². The Bertz CT molecular complexity index is 1310. The number of ether oxygens (including phenoxy) is 1. The molecule has 0 aliphatic heterocycles. The molecule has 3 aromatic rings. The maximum Gasteiger partial charge on any atom is 0.294 e. The standard InChI is InChI=1S/C32H41N3O4/c1-5-24-14-11-15-26(18-24)32(16-9-10-17-32)19-27-33-28(31(38)35(22(2)3)23(4)20-36)29(30(37)34-27)39-21-25-12-7-6-8-13-25/h6-8,11-15,18,22-23,36H,5,9-10,16-17,19-21H2,1-4H3,(H,33,34,37)/t23-/m0/s1. The lowest BCUT2D eigenvalue weighted by Gasteiger charge is -2.32. The number of aryl methyl sites for hydroxylation is 1. The number of nitrogens with one attached hydrogen (secondary N) is 1. The van der Waals surface area contributed by atoms with Crippen molar-refractivity contribution in [3.8, 4) is 5.75 Å². The van der Waals surface area contributed by atoms with E-state index in [9.17, 15) is 14.7 Å². The van der Waals surface area contributed by atoms with Crippen molar-refractivity contribution in [2.75, 3.05) is 6.61 Å². The molecule has 1 atom stereocenters. The molecule has 1 saturated carbocycles. The van der Waals surface area contributed by atoms with E-state index in [-0.39, 0.29) is 36.1 Å². The summed E-state index contributed by atoms with van der Waals surface area (Å²) in [5.74, 6) is -0.0215. The summed E-state index contributed by atoms with van der Waals surface area (Å²) in [5, 5.41) is 9.86. The van der Waals surface area contributed by atoms with E-state index >= 15 is 0 Å². The van der Waals surface area contributed by atoms with Gasteiger partial charge in [0, 0.05) is 17.9 Å². The average molecular weight is 532 g/mol. The van der Waals surface area contributed by atoms with Crippen molar-refractivity contribution >= 4 is 5.91 Å². The molecule has 7 nitrogen and oxygen atoms in total. The summed E-state index contributed by atoms with van der Waals surface area (Å²) in [4.78, 5) is 36.7. The lowest BCUT2D eigenvalue weighted by atomic mass is 9.75. The van der Waals surface area contributed by atoms with E-state index in [0.717, 1.165) is 37.7 Å². The Hall–Kier alpha value is -3.45. The highest BCUT2D eigenvalue weighted by Crippen LogP contribution is 2.43. The topological polar surface area (TPSA) is 95.5 Å². The zero-order valence-corrected chi connectivity index (χ0v) is 23.6. The van der Waals surface area contributed by atoms with Gasteiger partial charge in [0.25, 0.3) is 11.5 Å². The Kier molecular flexibility index (Phi) is 9.23. The molecule has 0 unspecified atom stereocenters. The Labute approximate surface area is 231 Å². The molecule has 7 heteroatoms. The van der Waals surface area contributed by atoms with Crippen LogP contribution in [0, 0.1) is 0 Å². The van der Waals surface area contributed by atoms with Gasteiger partial charge in [0.05, 0.1) is 12.6 Å². The van der Waals surface area contributed by atoms with E-state index in [2.05, 4.69) is 36.2 Å². The number of rotatable bonds is 11. The lowest BCUT2D eigenvalue weighted by Crippen LogP contribution is -2.46. The minimum atomic E-state index is -0.463. The van der Waals surface area contributed by atoms with E-state index in [0.29, 0.717) is 12.2 Å². The van der Waals surface area contributed by atoms with Crippen LogP contribution >= 0.6 is 0 Å². The number of hydrogen-bond donors (Lipinski definition) is 2. The van der Waals surface area contributed by atoms with Gasteiger partial charge in [-0.05, 0) is 56.7 Å². The average Bonchev–Trinajstić information content (AvgIpc) is 3.42. The van der Waals surface area contributed by atoms with E-state index in [1.54, 1.807) is 11.8 Å². The predicted molar refractivity (Wildman–Crippen MR) is 153 cm³/mol. The smallest absolute Gasteiger partial charge is 0.294 e. The van der Waals surface area contributed by atoms with Gasteiger partial charge in [-0.1, -0.05) is 74.4 Å². The SMILES string of the molecule is CCc1cccc(C2(Cc3nc(C(=O)N(C(C)C)[C@@H](C)CO)c(OCc4ccccc4)c(=O)[nH]3)CCCC2)c1. The number of aliphatic hydroxyl groups is 1. The van der Waals surface area contributed by atoms with Crippen LogP contribution in [0.2, 0.25) is 0 Å². The number of aromatic nitrogens is 2. The van der Waals surface area contributed by atoms with Gasteiger partial charge in [-0.3, -0.25) is 9.59 Å². The van der Waals surface area contributed by atoms with Crippen LogP contribution in [0.3, 0.4) is 0 Å². The summed E-state index contributed by atoms with van der Waals surface area (Å²) >= 11 is 0. The molecular weight excluding hydrogens is 490 g/mol. The van der Waals surface area contributed by atoms with Crippen LogP contribution in [0.25, 0.3) is 0 Å². The molecule has 0 bridgehead atoms. The van der Waals surface area contributed by atoms with Gasteiger partial charge >= 0.3 is 0 Å². The number of carbonyl (C=O) groups is 1. The molecule has 39 heavy (non-hydrogen) atoms. The Morgan fingerprint density at radius 3 is 2.41 bits per heavy atom. The first kappa shape index (κ1) is 28.6. The van der Waals surface area contributed by atoms with E-state index in [1.165, 1.54) is 11.1 Å². The fourth-order valence-electron chi connectivity index (χ4n) is 5.82. The molecule has 1 aliphatic rings. The number of aromatic amines is 1. The third-order valence-corrected chi connectivity index (χ3v) is 7.90. The van der Waals surface area contributed by atoms with Gasteiger partial charge in [0.2, 0.25) is 5.75 Å². The lowest BCUT2D eigenvalue weighted by molar-refractivity contribution is 0.0526. The number of carbonyl (C=O) groups excluding carboxylic acids is 1. The molecule has 208 valence electrons. The molecular formula is C32H41N3O4. The van der Waals surface area contributed by atoms with Crippen LogP contribution in [-0.4, -0.2) is 44.6 Å². The molecule has 1 amide bonds. The zero-order chi connectivity index (χ0) is 28.0. The van der Waals surface area contributed by atoms with Gasteiger partial charge in [0.15, 0.2) is 5.69 Å². The fraction of sp³-hybridized carbons (Fsp3) is 0.469. The molecule has 0 saturated heterocycles. The molecule has 2 N–H and O–H groups in total. The number of amides is 1. The summed E-state index contributed by atoms with van der Waals surface area (Å²) in [6.07, 6.45) is 5.71. The molecule has 0 spiro atoms. The first-order chi connectivity index (χ1) is 18.8. The van der Waals surface area contributed by atoms with Crippen LogP contribution in [0.1, 0.15) is 86.4 Å². The van der Waals surface area contributed by atoms with E-state index in [4.69, 9.17) is 9.72 Å². The molecule has 2 aromatic carbocycles. The van der Waals surface area contributed by atoms with Gasteiger partial charge in [-0.25, -0.2) is 4.98 Å². The van der Waals surface area contributed by atoms with Gasteiger partial charge in [-0.15, -0.1) is 0 Å². The highest BCUT2D eigenvalue weighted by Gasteiger charge is 2.38. The fourth-order valence-corrected chi connectivity index (χ4v) is 5.82. The Morgan fingerprint density at radius 2 is 1.77 bits per heavy atom. The van der Waals surface area contributed by atoms with Crippen molar-refractivity contribution < 1.29 is 14.6 Å². The van der Waals surface area contributed by atoms with Crippen molar-refractivity contribution in [3.63, 3.8) is 0 Å². The second-order valence-corrected chi connectivity index (χ2v) is 11.0. The van der Waals surface area contributed by atoms with Crippen LogP contribution in [-0.2, 0) is 24.9 Å². The van der Waals surface area contributed by atoms with E-state index in [1.807, 2.05) is 44.2 Å². The molecule has 0 radical (unpaired) electrons. The molecule has 1 aromatic heterocycles. The maximum absolute atomic E-state index is 13.9. The second-order valence-electron chi connectivity index (χ2n) is 11.0. The van der Waals surface area contributed by atoms with Crippen LogP contribution < -0.4 is 10.3 Å². The van der Waals surface area contributed by atoms with Gasteiger partial charge in [-0.2, -0.15) is 0 Å². The third kappa shape index (κ3) is 6.41. The molecule has 4 rings (SSSR count). The zero-order valence-electron chi connectivity index (χ0n) is 23.6. The molecule has 1 aliphatic carbocycles. The highest BCUT2D eigenvalue weighted by molar-refractivity contribution is 5.95. The van der Waals surface area contributed by atoms with Crippen molar-refractivity contribution in [1.82, 2.24) is 14.9 Å². The van der Waals surface area contributed by atoms with Crippen LogP contribution in [0.4, 0.5) is 0 Å². The summed E-state index contributed by atoms with van der Waals surface area (Å²) in [7, 11) is 0. The Morgan fingerprint density at radius 1 is 1.08 bits per heavy atom. The summed E-state index contributed by atoms with van der Waals surface area (Å²) in [5.41, 5.74) is 2.81. The second kappa shape index (κ2) is 12.6. The van der Waals surface area contributed by atoms with Crippen molar-refractivity contribution in [2.24, 2.45) is 0 Å². The minimum Gasteiger partial charge on any atom is -0.481 e. The normalized spacial score (nSPS) is 15.3. The quantitative estimate of drug-likeness (QED) is 0.355. The highest BCUT2D eigenvalue weighted by atomic mass is 16.5. The number of H-pyrrole nitrogens is 1. The van der Waals surface area contributed by atoms with Gasteiger partial charge < -0.3 is 19.7 Å². The van der Waals surface area contributed by atoms with Crippen molar-refractivity contribution in [2.45, 2.75) is 90.3 Å². The van der Waals surface area contributed by atoms with Crippen LogP contribution in [0.5, 0.6) is 5.75 Å². The maximum atomic E-state index is 13.9. The minimum absolute atomic E-state index is 0.00543. The summed E-state index contributed by atoms with van der Waals surface area (Å²) in [6, 6.07) is 17.6. The number of hydrogen-bond acceptors (Lipinski definition) is 5. The number of aliphatic hydroxyl groups excluding tert-OH is 1. The van der Waals surface area contributed by atoms with Gasteiger partial charge in [0.1, 0.15) is 12.4 Å². The van der Waals surface area contributed by atoms with Crippen molar-refractivity contribution in [1.29, 1.82) is 0 Å². The first-order valence-corrected chi connectivity index (χ1v) is 14.1. The summed E-state index contributed by atoms with van der Waals surface area (Å²) < 4.78 is 5.97. The largest absolute Gasteiger partial charge is 0.481 e. The monoisotopic (exact) mass is 531 g/mol. The Balaban J connectivity index is 1.76. The van der Waals surface area contributed by atoms with E-state index < -0.39 is 17.5 Å². The predicted octanol–water partition coefficient (Wildman–Crippen LogP) is 5.20. The molecule has 1 heterocycles. The molecule has 1 fully saturated rings. The number of benzene rings is 2. The first-order valence-electron chi connectivity index (χ1n) is 14.1. The number of nitrogens with zero attached hydrogens (tertiary/aromatic N) is 2. The summed E-state index contributed by atoms with van der Waals surface area (Å²) in [6.45, 7) is 7.64. The van der Waals surface area contributed by atoms with Crippen LogP contribution in [0.15, 0.2) is 59.4 Å². The third-order valence-electron chi connectivity index (χ3n) is 7.90.